The third kappa shape index (κ3) is 5.25. The van der Waals surface area contributed by atoms with Gasteiger partial charge in [-0.1, -0.05) is 30.3 Å². The number of benzene rings is 1. The van der Waals surface area contributed by atoms with Crippen LogP contribution < -0.4 is 0 Å². The Kier molecular flexibility index (Phi) is 5.86. The molecule has 24 heavy (non-hydrogen) atoms. The van der Waals surface area contributed by atoms with E-state index in [0.717, 1.165) is 19.3 Å². The molecule has 0 bridgehead atoms. The number of amides is 1. The van der Waals surface area contributed by atoms with E-state index in [1.54, 1.807) is 20.8 Å². The minimum absolute atomic E-state index is 0.210. The van der Waals surface area contributed by atoms with Gasteiger partial charge >= 0.3 is 12.1 Å². The molecule has 1 fully saturated rings. The van der Waals surface area contributed by atoms with Crippen LogP contribution in [0.4, 0.5) is 4.79 Å². The van der Waals surface area contributed by atoms with Crippen LogP contribution in [0.5, 0.6) is 0 Å². The zero-order valence-electron chi connectivity index (χ0n) is 14.7. The van der Waals surface area contributed by atoms with Crippen molar-refractivity contribution in [3.05, 3.63) is 35.9 Å². The monoisotopic (exact) mass is 333 g/mol. The second-order valence-corrected chi connectivity index (χ2v) is 7.47. The van der Waals surface area contributed by atoms with Crippen LogP contribution in [0.2, 0.25) is 0 Å². The van der Waals surface area contributed by atoms with Crippen LogP contribution >= 0.6 is 0 Å². The SMILES string of the molecule is CC(C)(C)OC(=O)N1CC(CCCc2ccccc2)CC1C(=O)O. The zero-order valence-corrected chi connectivity index (χ0v) is 14.7. The van der Waals surface area contributed by atoms with E-state index in [0.29, 0.717) is 13.0 Å². The molecule has 1 aliphatic rings. The second-order valence-electron chi connectivity index (χ2n) is 7.47. The number of carboxylic acid groups (broad SMARTS) is 1. The fraction of sp³-hybridized carbons (Fsp3) is 0.579. The summed E-state index contributed by atoms with van der Waals surface area (Å²) in [5, 5.41) is 9.40. The van der Waals surface area contributed by atoms with Crippen LogP contribution in [0.15, 0.2) is 30.3 Å². The number of carboxylic acids is 1. The minimum atomic E-state index is -0.952. The molecule has 1 amide bonds. The van der Waals surface area contributed by atoms with Crippen molar-refractivity contribution in [3.63, 3.8) is 0 Å². The highest BCUT2D eigenvalue weighted by Gasteiger charge is 2.41. The molecule has 1 N–H and O–H groups in total. The molecule has 5 nitrogen and oxygen atoms in total. The predicted molar refractivity (Wildman–Crippen MR) is 91.9 cm³/mol. The average Bonchev–Trinajstić information content (AvgIpc) is 2.91. The quantitative estimate of drug-likeness (QED) is 0.892. The first kappa shape index (κ1) is 18.3. The van der Waals surface area contributed by atoms with Gasteiger partial charge in [0, 0.05) is 6.54 Å². The van der Waals surface area contributed by atoms with Gasteiger partial charge in [0.2, 0.25) is 0 Å². The van der Waals surface area contributed by atoms with E-state index in [9.17, 15) is 14.7 Å². The number of aryl methyl sites for hydroxylation is 1. The Morgan fingerprint density at radius 3 is 2.50 bits per heavy atom. The molecule has 0 aliphatic carbocycles. The second kappa shape index (κ2) is 7.69. The normalized spacial score (nSPS) is 20.9. The first-order chi connectivity index (χ1) is 11.3. The Morgan fingerprint density at radius 1 is 1.25 bits per heavy atom. The molecule has 0 spiro atoms. The van der Waals surface area contributed by atoms with Crippen LogP contribution in [0, 0.1) is 5.92 Å². The molecule has 0 aromatic heterocycles. The van der Waals surface area contributed by atoms with Gasteiger partial charge in [-0.05, 0) is 57.9 Å². The van der Waals surface area contributed by atoms with E-state index in [-0.39, 0.29) is 5.92 Å². The molecule has 2 atom stereocenters. The Bertz CT molecular complexity index is 564. The molecular weight excluding hydrogens is 306 g/mol. The molecule has 1 aliphatic heterocycles. The lowest BCUT2D eigenvalue weighted by Crippen LogP contribution is -2.43. The lowest BCUT2D eigenvalue weighted by atomic mass is 9.97. The summed E-state index contributed by atoms with van der Waals surface area (Å²) in [4.78, 5) is 25.1. The predicted octanol–water partition coefficient (Wildman–Crippen LogP) is 3.72. The van der Waals surface area contributed by atoms with Crippen LogP contribution in [0.25, 0.3) is 0 Å². The molecule has 2 rings (SSSR count). The van der Waals surface area contributed by atoms with Crippen LogP contribution in [0.1, 0.15) is 45.6 Å². The van der Waals surface area contributed by atoms with E-state index in [4.69, 9.17) is 4.74 Å². The van der Waals surface area contributed by atoms with Crippen molar-refractivity contribution in [2.45, 2.75) is 58.1 Å². The maximum absolute atomic E-state index is 12.3. The number of aliphatic carboxylic acids is 1. The van der Waals surface area contributed by atoms with Crippen molar-refractivity contribution in [3.8, 4) is 0 Å². The topological polar surface area (TPSA) is 66.8 Å². The number of rotatable bonds is 5. The van der Waals surface area contributed by atoms with Crippen molar-refractivity contribution in [1.29, 1.82) is 0 Å². The van der Waals surface area contributed by atoms with Gasteiger partial charge in [-0.25, -0.2) is 9.59 Å². The summed E-state index contributed by atoms with van der Waals surface area (Å²) in [6.45, 7) is 5.82. The summed E-state index contributed by atoms with van der Waals surface area (Å²) in [6, 6.07) is 9.46. The Labute approximate surface area is 143 Å². The largest absolute Gasteiger partial charge is 0.480 e. The van der Waals surface area contributed by atoms with Gasteiger partial charge in [0.15, 0.2) is 0 Å². The molecular formula is C19H27NO4. The minimum Gasteiger partial charge on any atom is -0.480 e. The summed E-state index contributed by atoms with van der Waals surface area (Å²) in [7, 11) is 0. The number of hydrogen-bond acceptors (Lipinski definition) is 3. The number of ether oxygens (including phenoxy) is 1. The molecule has 1 saturated heterocycles. The first-order valence-electron chi connectivity index (χ1n) is 8.52. The first-order valence-corrected chi connectivity index (χ1v) is 8.52. The fourth-order valence-corrected chi connectivity index (χ4v) is 3.13. The van der Waals surface area contributed by atoms with E-state index in [2.05, 4.69) is 12.1 Å². The highest BCUT2D eigenvalue weighted by Crippen LogP contribution is 2.29. The van der Waals surface area contributed by atoms with Crippen molar-refractivity contribution >= 4 is 12.1 Å². The molecule has 132 valence electrons. The van der Waals surface area contributed by atoms with Crippen LogP contribution in [-0.4, -0.2) is 40.3 Å². The smallest absolute Gasteiger partial charge is 0.411 e. The number of carbonyl (C=O) groups is 2. The van der Waals surface area contributed by atoms with Crippen LogP contribution in [0.3, 0.4) is 0 Å². The van der Waals surface area contributed by atoms with Gasteiger partial charge < -0.3 is 9.84 Å². The third-order valence-electron chi connectivity index (χ3n) is 4.22. The summed E-state index contributed by atoms with van der Waals surface area (Å²) >= 11 is 0. The maximum atomic E-state index is 12.3. The number of nitrogens with zero attached hydrogens (tertiary/aromatic N) is 1. The number of carbonyl (C=O) groups excluding carboxylic acids is 1. The van der Waals surface area contributed by atoms with Gasteiger partial charge in [-0.15, -0.1) is 0 Å². The summed E-state index contributed by atoms with van der Waals surface area (Å²) < 4.78 is 5.35. The average molecular weight is 333 g/mol. The van der Waals surface area contributed by atoms with Gasteiger partial charge in [-0.2, -0.15) is 0 Å². The summed E-state index contributed by atoms with van der Waals surface area (Å²) in [6.07, 6.45) is 2.85. The maximum Gasteiger partial charge on any atom is 0.411 e. The highest BCUT2D eigenvalue weighted by atomic mass is 16.6. The molecule has 0 radical (unpaired) electrons. The van der Waals surface area contributed by atoms with Crippen LogP contribution in [-0.2, 0) is 16.0 Å². The molecule has 5 heteroatoms. The van der Waals surface area contributed by atoms with Gasteiger partial charge in [0.1, 0.15) is 11.6 Å². The summed E-state index contributed by atoms with van der Waals surface area (Å²) in [5.74, 6) is -0.742. The molecule has 0 saturated carbocycles. The van der Waals surface area contributed by atoms with Crippen molar-refractivity contribution in [2.75, 3.05) is 6.54 Å². The third-order valence-corrected chi connectivity index (χ3v) is 4.22. The zero-order chi connectivity index (χ0) is 17.7. The highest BCUT2D eigenvalue weighted by molar-refractivity contribution is 5.81. The number of likely N-dealkylation sites (tertiary alicyclic amines) is 1. The van der Waals surface area contributed by atoms with E-state index in [1.807, 2.05) is 18.2 Å². The molecule has 1 aromatic rings. The van der Waals surface area contributed by atoms with Gasteiger partial charge in [0.25, 0.3) is 0 Å². The van der Waals surface area contributed by atoms with Gasteiger partial charge in [0.05, 0.1) is 0 Å². The van der Waals surface area contributed by atoms with Crippen molar-refractivity contribution in [2.24, 2.45) is 5.92 Å². The molecule has 1 aromatic carbocycles. The van der Waals surface area contributed by atoms with E-state index in [1.165, 1.54) is 10.5 Å². The van der Waals surface area contributed by atoms with Crippen molar-refractivity contribution < 1.29 is 19.4 Å². The Hall–Kier alpha value is -2.04. The Morgan fingerprint density at radius 2 is 1.92 bits per heavy atom. The fourth-order valence-electron chi connectivity index (χ4n) is 3.13. The standard InChI is InChI=1S/C19H27NO4/c1-19(2,3)24-18(23)20-13-15(12-16(20)17(21)22)11-7-10-14-8-5-4-6-9-14/h4-6,8-9,15-16H,7,10-13H2,1-3H3,(H,21,22). The van der Waals surface area contributed by atoms with Crippen molar-refractivity contribution in [1.82, 2.24) is 4.90 Å². The molecule has 2 unspecified atom stereocenters. The van der Waals surface area contributed by atoms with E-state index < -0.39 is 23.7 Å². The summed E-state index contributed by atoms with van der Waals surface area (Å²) in [5.41, 5.74) is 0.667. The number of hydrogen-bond donors (Lipinski definition) is 1. The van der Waals surface area contributed by atoms with E-state index >= 15 is 0 Å². The lowest BCUT2D eigenvalue weighted by molar-refractivity contribution is -0.142. The Balaban J connectivity index is 1.89. The molecule has 1 heterocycles. The van der Waals surface area contributed by atoms with Gasteiger partial charge in [-0.3, -0.25) is 4.90 Å². The lowest BCUT2D eigenvalue weighted by Gasteiger charge is -2.26.